The molecule has 4 heteroatoms. The zero-order chi connectivity index (χ0) is 13.1. The maximum Gasteiger partial charge on any atom is 0.249 e. The SMILES string of the molecule is CC(C)/C(=C/c1ccc2ncccc2c1)[N+](=O)[O-]. The maximum absolute atomic E-state index is 10.9. The molecule has 0 saturated heterocycles. The topological polar surface area (TPSA) is 56.0 Å². The first kappa shape index (κ1) is 12.2. The molecule has 0 atom stereocenters. The smallest absolute Gasteiger partial charge is 0.249 e. The van der Waals surface area contributed by atoms with E-state index in [0.717, 1.165) is 16.5 Å². The fourth-order valence-corrected chi connectivity index (χ4v) is 1.78. The highest BCUT2D eigenvalue weighted by Crippen LogP contribution is 2.19. The van der Waals surface area contributed by atoms with Gasteiger partial charge in [0.25, 0.3) is 0 Å². The van der Waals surface area contributed by atoms with Crippen LogP contribution in [0.5, 0.6) is 0 Å². The molecular weight excluding hydrogens is 228 g/mol. The van der Waals surface area contributed by atoms with Crippen molar-refractivity contribution >= 4 is 17.0 Å². The van der Waals surface area contributed by atoms with Gasteiger partial charge >= 0.3 is 0 Å². The van der Waals surface area contributed by atoms with Crippen molar-refractivity contribution < 1.29 is 4.92 Å². The third kappa shape index (κ3) is 2.53. The van der Waals surface area contributed by atoms with Crippen LogP contribution in [0.4, 0.5) is 0 Å². The second-order valence-electron chi connectivity index (χ2n) is 4.44. The summed E-state index contributed by atoms with van der Waals surface area (Å²) in [5.74, 6) is -0.107. The Hall–Kier alpha value is -2.23. The number of rotatable bonds is 3. The van der Waals surface area contributed by atoms with Crippen LogP contribution in [-0.2, 0) is 0 Å². The monoisotopic (exact) mass is 242 g/mol. The lowest BCUT2D eigenvalue weighted by atomic mass is 10.1. The molecule has 0 spiro atoms. The Morgan fingerprint density at radius 2 is 2.17 bits per heavy atom. The molecular formula is C14H14N2O2. The van der Waals surface area contributed by atoms with Crippen molar-refractivity contribution in [2.45, 2.75) is 13.8 Å². The molecule has 0 unspecified atom stereocenters. The van der Waals surface area contributed by atoms with Crippen LogP contribution in [0.1, 0.15) is 19.4 Å². The van der Waals surface area contributed by atoms with Crippen molar-refractivity contribution in [3.05, 3.63) is 57.9 Å². The van der Waals surface area contributed by atoms with E-state index in [2.05, 4.69) is 4.98 Å². The van der Waals surface area contributed by atoms with Crippen LogP contribution in [0.15, 0.2) is 42.2 Å². The van der Waals surface area contributed by atoms with Crippen molar-refractivity contribution in [1.29, 1.82) is 0 Å². The second kappa shape index (κ2) is 4.96. The number of nitro groups is 1. The van der Waals surface area contributed by atoms with E-state index in [0.29, 0.717) is 0 Å². The summed E-state index contributed by atoms with van der Waals surface area (Å²) >= 11 is 0. The van der Waals surface area contributed by atoms with Crippen molar-refractivity contribution in [3.8, 4) is 0 Å². The summed E-state index contributed by atoms with van der Waals surface area (Å²) in [5.41, 5.74) is 1.94. The summed E-state index contributed by atoms with van der Waals surface area (Å²) in [6, 6.07) is 9.43. The van der Waals surface area contributed by atoms with Crippen LogP contribution in [0, 0.1) is 16.0 Å². The molecule has 0 aliphatic rings. The molecule has 2 rings (SSSR count). The summed E-state index contributed by atoms with van der Waals surface area (Å²) in [6.07, 6.45) is 3.35. The fraction of sp³-hybridized carbons (Fsp3) is 0.214. The minimum Gasteiger partial charge on any atom is -0.259 e. The first-order valence-corrected chi connectivity index (χ1v) is 5.78. The van der Waals surface area contributed by atoms with Crippen molar-refractivity contribution in [3.63, 3.8) is 0 Å². The van der Waals surface area contributed by atoms with E-state index in [4.69, 9.17) is 0 Å². The van der Waals surface area contributed by atoms with Crippen LogP contribution in [-0.4, -0.2) is 9.91 Å². The standard InChI is InChI=1S/C14H14N2O2/c1-10(2)14(16(17)18)9-11-5-6-13-12(8-11)4-3-7-15-13/h3-10H,1-2H3/b14-9-. The van der Waals surface area contributed by atoms with Gasteiger partial charge in [-0.25, -0.2) is 0 Å². The van der Waals surface area contributed by atoms with Gasteiger partial charge in [-0.05, 0) is 23.8 Å². The fourth-order valence-electron chi connectivity index (χ4n) is 1.78. The number of benzene rings is 1. The van der Waals surface area contributed by atoms with Gasteiger partial charge in [-0.2, -0.15) is 0 Å². The average molecular weight is 242 g/mol. The third-order valence-corrected chi connectivity index (χ3v) is 2.74. The highest BCUT2D eigenvalue weighted by atomic mass is 16.6. The lowest BCUT2D eigenvalue weighted by molar-refractivity contribution is -0.431. The van der Waals surface area contributed by atoms with Crippen molar-refractivity contribution in [2.24, 2.45) is 5.92 Å². The highest BCUT2D eigenvalue weighted by molar-refractivity contribution is 5.81. The molecule has 18 heavy (non-hydrogen) atoms. The summed E-state index contributed by atoms with van der Waals surface area (Å²) in [6.45, 7) is 3.63. The second-order valence-corrected chi connectivity index (χ2v) is 4.44. The van der Waals surface area contributed by atoms with Crippen LogP contribution in [0.3, 0.4) is 0 Å². The zero-order valence-corrected chi connectivity index (χ0v) is 10.3. The minimum atomic E-state index is -0.321. The number of hydrogen-bond donors (Lipinski definition) is 0. The Bertz CT molecular complexity index is 618. The van der Waals surface area contributed by atoms with E-state index < -0.39 is 0 Å². The van der Waals surface area contributed by atoms with E-state index in [9.17, 15) is 10.1 Å². The van der Waals surface area contributed by atoms with Gasteiger partial charge < -0.3 is 0 Å². The summed E-state index contributed by atoms with van der Waals surface area (Å²) < 4.78 is 0. The first-order chi connectivity index (χ1) is 8.58. The van der Waals surface area contributed by atoms with Gasteiger partial charge in [0.15, 0.2) is 0 Å². The molecule has 92 valence electrons. The Labute approximate surface area is 105 Å². The minimum absolute atomic E-state index is 0.107. The number of fused-ring (bicyclic) bond motifs is 1. The number of hydrogen-bond acceptors (Lipinski definition) is 3. The summed E-state index contributed by atoms with van der Waals surface area (Å²) in [7, 11) is 0. The number of allylic oxidation sites excluding steroid dienone is 1. The Balaban J connectivity index is 2.48. The van der Waals surface area contributed by atoms with Crippen molar-refractivity contribution in [2.75, 3.05) is 0 Å². The van der Waals surface area contributed by atoms with Gasteiger partial charge in [0.1, 0.15) is 0 Å². The molecule has 0 radical (unpaired) electrons. The molecule has 2 aromatic rings. The molecule has 1 aromatic carbocycles. The van der Waals surface area contributed by atoms with E-state index in [1.54, 1.807) is 12.3 Å². The van der Waals surface area contributed by atoms with Crippen molar-refractivity contribution in [1.82, 2.24) is 4.98 Å². The quantitative estimate of drug-likeness (QED) is 0.611. The molecule has 0 N–H and O–H groups in total. The molecule has 0 aliphatic carbocycles. The average Bonchev–Trinajstić information content (AvgIpc) is 2.35. The van der Waals surface area contributed by atoms with Crippen LogP contribution >= 0.6 is 0 Å². The zero-order valence-electron chi connectivity index (χ0n) is 10.3. The van der Waals surface area contributed by atoms with E-state index in [1.165, 1.54) is 0 Å². The lowest BCUT2D eigenvalue weighted by Gasteiger charge is -2.03. The van der Waals surface area contributed by atoms with Gasteiger partial charge in [-0.3, -0.25) is 15.1 Å². The maximum atomic E-state index is 10.9. The largest absolute Gasteiger partial charge is 0.259 e. The molecule has 0 fully saturated rings. The molecule has 0 amide bonds. The van der Waals surface area contributed by atoms with Gasteiger partial charge in [-0.1, -0.05) is 26.0 Å². The molecule has 1 heterocycles. The number of nitrogens with zero attached hydrogens (tertiary/aromatic N) is 2. The molecule has 0 aliphatic heterocycles. The Kier molecular flexibility index (Phi) is 3.37. The summed E-state index contributed by atoms with van der Waals surface area (Å²) in [4.78, 5) is 14.8. The highest BCUT2D eigenvalue weighted by Gasteiger charge is 2.15. The Morgan fingerprint density at radius 3 is 2.83 bits per heavy atom. The molecule has 4 nitrogen and oxygen atoms in total. The third-order valence-electron chi connectivity index (χ3n) is 2.74. The predicted octanol–water partition coefficient (Wildman–Crippen LogP) is 3.51. The van der Waals surface area contributed by atoms with Crippen LogP contribution in [0.25, 0.3) is 17.0 Å². The molecule has 0 saturated carbocycles. The van der Waals surface area contributed by atoms with Crippen LogP contribution < -0.4 is 0 Å². The van der Waals surface area contributed by atoms with Gasteiger partial charge in [0, 0.05) is 23.6 Å². The van der Waals surface area contributed by atoms with Gasteiger partial charge in [0.05, 0.1) is 10.4 Å². The predicted molar refractivity (Wildman–Crippen MR) is 71.6 cm³/mol. The Morgan fingerprint density at radius 1 is 1.39 bits per heavy atom. The van der Waals surface area contributed by atoms with Crippen LogP contribution in [0.2, 0.25) is 0 Å². The number of aromatic nitrogens is 1. The normalized spacial score (nSPS) is 12.1. The lowest BCUT2D eigenvalue weighted by Crippen LogP contribution is -2.05. The number of pyridine rings is 1. The molecule has 1 aromatic heterocycles. The molecule has 0 bridgehead atoms. The first-order valence-electron chi connectivity index (χ1n) is 5.78. The van der Waals surface area contributed by atoms with E-state index in [1.807, 2.05) is 44.2 Å². The van der Waals surface area contributed by atoms with E-state index >= 15 is 0 Å². The summed E-state index contributed by atoms with van der Waals surface area (Å²) in [5, 5.41) is 11.9. The van der Waals surface area contributed by atoms with E-state index in [-0.39, 0.29) is 16.5 Å². The van der Waals surface area contributed by atoms with Gasteiger partial charge in [0.2, 0.25) is 5.70 Å². The van der Waals surface area contributed by atoms with Gasteiger partial charge in [-0.15, -0.1) is 0 Å².